The first-order chi connectivity index (χ1) is 10.8. The van der Waals surface area contributed by atoms with E-state index in [0.717, 1.165) is 17.3 Å². The van der Waals surface area contributed by atoms with Crippen LogP contribution in [0.25, 0.3) is 10.9 Å². The standard InChI is InChI=1S/C19H18BrNO/c20-15-10-11-19-17(12-15)16-8-4-5-9-18(16)21(19)22-13-14-6-2-1-3-7-14/h1-3,6-7,10-12H,4-5,8-9,13H2. The normalized spacial score (nSPS) is 14.0. The fourth-order valence-electron chi connectivity index (χ4n) is 3.34. The number of benzene rings is 2. The number of hydrogen-bond acceptors (Lipinski definition) is 1. The van der Waals surface area contributed by atoms with Gasteiger partial charge in [-0.2, -0.15) is 4.73 Å². The van der Waals surface area contributed by atoms with Crippen molar-refractivity contribution in [2.45, 2.75) is 32.3 Å². The molecule has 0 atom stereocenters. The number of hydrogen-bond donors (Lipinski definition) is 0. The molecule has 0 unspecified atom stereocenters. The van der Waals surface area contributed by atoms with E-state index >= 15 is 0 Å². The van der Waals surface area contributed by atoms with Gasteiger partial charge in [0.15, 0.2) is 0 Å². The molecule has 1 heterocycles. The third kappa shape index (κ3) is 2.44. The molecule has 0 radical (unpaired) electrons. The average Bonchev–Trinajstić information content (AvgIpc) is 2.87. The molecular formula is C19H18BrNO. The van der Waals surface area contributed by atoms with Crippen molar-refractivity contribution in [3.05, 3.63) is 69.8 Å². The van der Waals surface area contributed by atoms with Crippen LogP contribution in [0.3, 0.4) is 0 Å². The number of fused-ring (bicyclic) bond motifs is 3. The maximum atomic E-state index is 6.18. The van der Waals surface area contributed by atoms with E-state index in [1.165, 1.54) is 40.6 Å². The van der Waals surface area contributed by atoms with Gasteiger partial charge in [-0.25, -0.2) is 0 Å². The van der Waals surface area contributed by atoms with E-state index < -0.39 is 0 Å². The van der Waals surface area contributed by atoms with Crippen LogP contribution in [0.2, 0.25) is 0 Å². The average molecular weight is 356 g/mol. The van der Waals surface area contributed by atoms with Crippen molar-refractivity contribution in [3.8, 4) is 0 Å². The molecule has 0 amide bonds. The lowest BCUT2D eigenvalue weighted by molar-refractivity contribution is 0.0998. The summed E-state index contributed by atoms with van der Waals surface area (Å²) in [6.07, 6.45) is 4.79. The van der Waals surface area contributed by atoms with E-state index in [1.807, 2.05) is 6.07 Å². The lowest BCUT2D eigenvalue weighted by atomic mass is 9.96. The largest absolute Gasteiger partial charge is 0.409 e. The molecule has 0 spiro atoms. The molecule has 0 aliphatic heterocycles. The molecule has 1 aromatic heterocycles. The Labute approximate surface area is 138 Å². The van der Waals surface area contributed by atoms with Gasteiger partial charge in [-0.3, -0.25) is 0 Å². The van der Waals surface area contributed by atoms with E-state index in [-0.39, 0.29) is 0 Å². The summed E-state index contributed by atoms with van der Waals surface area (Å²) in [5.41, 5.74) is 5.21. The molecule has 3 heteroatoms. The van der Waals surface area contributed by atoms with Crippen LogP contribution >= 0.6 is 15.9 Å². The smallest absolute Gasteiger partial charge is 0.140 e. The van der Waals surface area contributed by atoms with Gasteiger partial charge in [0.2, 0.25) is 0 Å². The molecule has 3 aromatic rings. The van der Waals surface area contributed by atoms with Crippen molar-refractivity contribution in [1.29, 1.82) is 0 Å². The summed E-state index contributed by atoms with van der Waals surface area (Å²) in [5.74, 6) is 0. The van der Waals surface area contributed by atoms with Crippen LogP contribution in [-0.4, -0.2) is 4.73 Å². The van der Waals surface area contributed by atoms with Gasteiger partial charge in [0.25, 0.3) is 0 Å². The molecular weight excluding hydrogens is 338 g/mol. The van der Waals surface area contributed by atoms with Crippen LogP contribution in [0.15, 0.2) is 53.0 Å². The SMILES string of the molecule is Brc1ccc2c(c1)c1c(n2OCc2ccccc2)CCCC1. The first-order valence-electron chi connectivity index (χ1n) is 7.82. The fourth-order valence-corrected chi connectivity index (χ4v) is 3.70. The number of aryl methyl sites for hydroxylation is 1. The van der Waals surface area contributed by atoms with Gasteiger partial charge < -0.3 is 4.84 Å². The van der Waals surface area contributed by atoms with Crippen LogP contribution in [0.1, 0.15) is 29.7 Å². The second-order valence-corrected chi connectivity index (χ2v) is 6.76. The van der Waals surface area contributed by atoms with Crippen molar-refractivity contribution in [3.63, 3.8) is 0 Å². The molecule has 4 rings (SSSR count). The van der Waals surface area contributed by atoms with Crippen LogP contribution in [-0.2, 0) is 19.4 Å². The number of nitrogens with zero attached hydrogens (tertiary/aromatic N) is 1. The lowest BCUT2D eigenvalue weighted by Crippen LogP contribution is -2.16. The maximum absolute atomic E-state index is 6.18. The molecule has 1 aliphatic rings. The Hall–Kier alpha value is -1.74. The molecule has 112 valence electrons. The zero-order chi connectivity index (χ0) is 14.9. The Balaban J connectivity index is 1.76. The summed E-state index contributed by atoms with van der Waals surface area (Å²) >= 11 is 3.60. The summed E-state index contributed by atoms with van der Waals surface area (Å²) in [5, 5.41) is 1.33. The molecule has 0 bridgehead atoms. The van der Waals surface area contributed by atoms with E-state index in [2.05, 4.69) is 63.1 Å². The van der Waals surface area contributed by atoms with Crippen molar-refractivity contribution in [2.75, 3.05) is 0 Å². The summed E-state index contributed by atoms with van der Waals surface area (Å²) in [6.45, 7) is 0.604. The highest BCUT2D eigenvalue weighted by molar-refractivity contribution is 9.10. The number of halogens is 1. The highest BCUT2D eigenvalue weighted by Crippen LogP contribution is 2.33. The van der Waals surface area contributed by atoms with Crippen molar-refractivity contribution in [1.82, 2.24) is 4.73 Å². The minimum atomic E-state index is 0.604. The minimum absolute atomic E-state index is 0.604. The molecule has 22 heavy (non-hydrogen) atoms. The van der Waals surface area contributed by atoms with E-state index in [0.29, 0.717) is 6.61 Å². The van der Waals surface area contributed by atoms with E-state index in [9.17, 15) is 0 Å². The van der Waals surface area contributed by atoms with Gasteiger partial charge in [0.1, 0.15) is 6.61 Å². The van der Waals surface area contributed by atoms with Crippen molar-refractivity contribution < 1.29 is 4.84 Å². The van der Waals surface area contributed by atoms with Crippen LogP contribution in [0.4, 0.5) is 0 Å². The molecule has 0 N–H and O–H groups in total. The Bertz CT molecular complexity index is 807. The third-order valence-electron chi connectivity index (χ3n) is 4.39. The van der Waals surface area contributed by atoms with E-state index in [4.69, 9.17) is 4.84 Å². The summed E-state index contributed by atoms with van der Waals surface area (Å²) in [7, 11) is 0. The number of aromatic nitrogens is 1. The number of rotatable bonds is 3. The summed E-state index contributed by atoms with van der Waals surface area (Å²) < 4.78 is 3.21. The maximum Gasteiger partial charge on any atom is 0.140 e. The lowest BCUT2D eigenvalue weighted by Gasteiger charge is -2.16. The van der Waals surface area contributed by atoms with Gasteiger partial charge in [-0.15, -0.1) is 0 Å². The second-order valence-electron chi connectivity index (χ2n) is 5.85. The topological polar surface area (TPSA) is 14.2 Å². The van der Waals surface area contributed by atoms with Gasteiger partial charge in [-0.05, 0) is 55.0 Å². The second kappa shape index (κ2) is 5.81. The Kier molecular flexibility index (Phi) is 3.67. The Morgan fingerprint density at radius 1 is 1.00 bits per heavy atom. The molecule has 1 aliphatic carbocycles. The van der Waals surface area contributed by atoms with Gasteiger partial charge in [0, 0.05) is 9.86 Å². The first-order valence-corrected chi connectivity index (χ1v) is 8.61. The Morgan fingerprint density at radius 2 is 1.82 bits per heavy atom. The fraction of sp³-hybridized carbons (Fsp3) is 0.263. The van der Waals surface area contributed by atoms with Gasteiger partial charge in [-0.1, -0.05) is 46.3 Å². The van der Waals surface area contributed by atoms with Gasteiger partial charge >= 0.3 is 0 Å². The van der Waals surface area contributed by atoms with E-state index in [1.54, 1.807) is 0 Å². The predicted octanol–water partition coefficient (Wildman–Crippen LogP) is 4.91. The highest BCUT2D eigenvalue weighted by Gasteiger charge is 2.21. The van der Waals surface area contributed by atoms with Crippen LogP contribution in [0, 0.1) is 0 Å². The molecule has 0 saturated heterocycles. The molecule has 0 fully saturated rings. The predicted molar refractivity (Wildman–Crippen MR) is 93.0 cm³/mol. The molecule has 2 nitrogen and oxygen atoms in total. The molecule has 2 aromatic carbocycles. The zero-order valence-electron chi connectivity index (χ0n) is 12.4. The van der Waals surface area contributed by atoms with Crippen LogP contribution < -0.4 is 4.84 Å². The first kappa shape index (κ1) is 13.9. The zero-order valence-corrected chi connectivity index (χ0v) is 14.0. The van der Waals surface area contributed by atoms with Crippen molar-refractivity contribution in [2.24, 2.45) is 0 Å². The highest BCUT2D eigenvalue weighted by atomic mass is 79.9. The quantitative estimate of drug-likeness (QED) is 0.650. The Morgan fingerprint density at radius 3 is 2.68 bits per heavy atom. The summed E-state index contributed by atoms with van der Waals surface area (Å²) in [6, 6.07) is 16.8. The monoisotopic (exact) mass is 355 g/mol. The third-order valence-corrected chi connectivity index (χ3v) is 4.88. The minimum Gasteiger partial charge on any atom is -0.409 e. The van der Waals surface area contributed by atoms with Crippen LogP contribution in [0.5, 0.6) is 0 Å². The van der Waals surface area contributed by atoms with Gasteiger partial charge in [0.05, 0.1) is 11.2 Å². The summed E-state index contributed by atoms with van der Waals surface area (Å²) in [4.78, 5) is 6.18. The molecule has 0 saturated carbocycles. The van der Waals surface area contributed by atoms with Crippen molar-refractivity contribution >= 4 is 26.8 Å².